The van der Waals surface area contributed by atoms with Gasteiger partial charge in [-0.15, -0.1) is 0 Å². The first-order chi connectivity index (χ1) is 19.8. The van der Waals surface area contributed by atoms with Crippen LogP contribution in [-0.4, -0.2) is 45.8 Å². The standard InChI is InChI=1S/C33H58O8/c1-2-3-4-5-6-7-8-9-10-11-12-13-14-15-16-17-18-19-20-21-22-23-41-33(40)29-25-27(31(36)37)26(30(34)35)24-28(29)32(38)39/h26-29H,2-25H2,1H3,(H,34,35)(H,36,37)(H,38,39). The summed E-state index contributed by atoms with van der Waals surface area (Å²) in [5.74, 6) is -9.73. The van der Waals surface area contributed by atoms with Gasteiger partial charge in [0.05, 0.1) is 30.3 Å². The zero-order chi connectivity index (χ0) is 30.3. The average molecular weight is 583 g/mol. The second kappa shape index (κ2) is 23.4. The number of rotatable bonds is 26. The van der Waals surface area contributed by atoms with Gasteiger partial charge < -0.3 is 20.1 Å². The van der Waals surface area contributed by atoms with Crippen LogP contribution < -0.4 is 0 Å². The molecule has 0 bridgehead atoms. The maximum absolute atomic E-state index is 12.5. The van der Waals surface area contributed by atoms with Gasteiger partial charge in [-0.25, -0.2) is 0 Å². The van der Waals surface area contributed by atoms with Crippen molar-refractivity contribution < 1.29 is 39.2 Å². The zero-order valence-corrected chi connectivity index (χ0v) is 25.7. The normalized spacial score (nSPS) is 20.5. The molecule has 4 atom stereocenters. The SMILES string of the molecule is CCCCCCCCCCCCCCCCCCCCCCCOC(=O)C1CC(C(=O)O)C(C(=O)O)CC1C(=O)O. The molecule has 41 heavy (non-hydrogen) atoms. The number of hydrogen-bond acceptors (Lipinski definition) is 5. The van der Waals surface area contributed by atoms with E-state index in [-0.39, 0.29) is 19.4 Å². The molecule has 1 fully saturated rings. The summed E-state index contributed by atoms with van der Waals surface area (Å²) in [6.07, 6.45) is 26.2. The van der Waals surface area contributed by atoms with E-state index in [9.17, 15) is 34.5 Å². The lowest BCUT2D eigenvalue weighted by Crippen LogP contribution is -2.45. The van der Waals surface area contributed by atoms with Crippen molar-refractivity contribution in [1.29, 1.82) is 0 Å². The quantitative estimate of drug-likeness (QED) is 0.0684. The molecule has 0 spiro atoms. The van der Waals surface area contributed by atoms with Gasteiger partial charge in [0.25, 0.3) is 0 Å². The summed E-state index contributed by atoms with van der Waals surface area (Å²) < 4.78 is 5.28. The molecule has 0 saturated heterocycles. The number of hydrogen-bond donors (Lipinski definition) is 3. The van der Waals surface area contributed by atoms with Crippen LogP contribution in [0.3, 0.4) is 0 Å². The number of esters is 1. The molecule has 1 aliphatic carbocycles. The van der Waals surface area contributed by atoms with Crippen LogP contribution in [0.5, 0.6) is 0 Å². The summed E-state index contributed by atoms with van der Waals surface area (Å²) in [5.41, 5.74) is 0. The van der Waals surface area contributed by atoms with E-state index in [1.165, 1.54) is 109 Å². The van der Waals surface area contributed by atoms with E-state index in [0.717, 1.165) is 19.3 Å². The molecule has 8 heteroatoms. The van der Waals surface area contributed by atoms with Crippen molar-refractivity contribution in [2.75, 3.05) is 6.61 Å². The number of carbonyl (C=O) groups is 4. The zero-order valence-electron chi connectivity index (χ0n) is 25.7. The third-order valence-electron chi connectivity index (χ3n) is 8.73. The Hall–Kier alpha value is -2.12. The van der Waals surface area contributed by atoms with Gasteiger partial charge in [-0.05, 0) is 19.3 Å². The molecule has 0 radical (unpaired) electrons. The van der Waals surface area contributed by atoms with Gasteiger partial charge in [0, 0.05) is 0 Å². The maximum Gasteiger partial charge on any atom is 0.309 e. The van der Waals surface area contributed by atoms with Crippen molar-refractivity contribution in [3.8, 4) is 0 Å². The first-order valence-electron chi connectivity index (χ1n) is 16.6. The molecule has 1 rings (SSSR count). The Kier molecular flexibility index (Phi) is 21.1. The van der Waals surface area contributed by atoms with E-state index in [0.29, 0.717) is 6.42 Å². The summed E-state index contributed by atoms with van der Waals surface area (Å²) in [7, 11) is 0. The van der Waals surface area contributed by atoms with Crippen molar-refractivity contribution in [3.05, 3.63) is 0 Å². The maximum atomic E-state index is 12.5. The highest BCUT2D eigenvalue weighted by molar-refractivity contribution is 5.86. The summed E-state index contributed by atoms with van der Waals surface area (Å²) in [5, 5.41) is 28.2. The Morgan fingerprint density at radius 2 is 0.732 bits per heavy atom. The smallest absolute Gasteiger partial charge is 0.309 e. The lowest BCUT2D eigenvalue weighted by molar-refractivity contribution is -0.170. The van der Waals surface area contributed by atoms with Crippen molar-refractivity contribution in [1.82, 2.24) is 0 Å². The summed E-state index contributed by atoms with van der Waals surface area (Å²) in [6, 6.07) is 0. The molecule has 238 valence electrons. The van der Waals surface area contributed by atoms with Crippen LogP contribution in [0.4, 0.5) is 0 Å². The summed E-state index contributed by atoms with van der Waals surface area (Å²) >= 11 is 0. The van der Waals surface area contributed by atoms with Gasteiger partial charge in [-0.2, -0.15) is 0 Å². The van der Waals surface area contributed by atoms with Gasteiger partial charge in [0.15, 0.2) is 0 Å². The number of carboxylic acids is 3. The van der Waals surface area contributed by atoms with Crippen molar-refractivity contribution in [2.45, 2.75) is 155 Å². The minimum atomic E-state index is -1.35. The lowest BCUT2D eigenvalue weighted by atomic mass is 9.68. The van der Waals surface area contributed by atoms with Crippen molar-refractivity contribution >= 4 is 23.9 Å². The molecular weight excluding hydrogens is 524 g/mol. The van der Waals surface area contributed by atoms with Crippen LogP contribution in [-0.2, 0) is 23.9 Å². The van der Waals surface area contributed by atoms with Crippen LogP contribution in [0, 0.1) is 23.7 Å². The molecule has 0 aromatic rings. The minimum absolute atomic E-state index is 0.167. The molecule has 0 aromatic heterocycles. The Morgan fingerprint density at radius 1 is 0.463 bits per heavy atom. The molecule has 4 unspecified atom stereocenters. The largest absolute Gasteiger partial charge is 0.481 e. The van der Waals surface area contributed by atoms with Gasteiger partial charge in [0.1, 0.15) is 0 Å². The second-order valence-electron chi connectivity index (χ2n) is 12.2. The first-order valence-corrected chi connectivity index (χ1v) is 16.6. The summed E-state index contributed by atoms with van der Waals surface area (Å²) in [4.78, 5) is 47.1. The predicted octanol–water partition coefficient (Wildman–Crippen LogP) is 8.25. The van der Waals surface area contributed by atoms with Gasteiger partial charge in [-0.3, -0.25) is 19.2 Å². The minimum Gasteiger partial charge on any atom is -0.481 e. The topological polar surface area (TPSA) is 138 Å². The van der Waals surface area contributed by atoms with Crippen LogP contribution >= 0.6 is 0 Å². The van der Waals surface area contributed by atoms with Gasteiger partial charge >= 0.3 is 23.9 Å². The molecular formula is C33H58O8. The van der Waals surface area contributed by atoms with Gasteiger partial charge in [-0.1, -0.05) is 135 Å². The van der Waals surface area contributed by atoms with E-state index in [1.54, 1.807) is 0 Å². The molecule has 8 nitrogen and oxygen atoms in total. The lowest BCUT2D eigenvalue weighted by Gasteiger charge is -2.34. The molecule has 0 aliphatic heterocycles. The number of aliphatic carboxylic acids is 3. The van der Waals surface area contributed by atoms with E-state index in [1.807, 2.05) is 0 Å². The Labute approximate surface area is 248 Å². The second-order valence-corrected chi connectivity index (χ2v) is 12.2. The van der Waals surface area contributed by atoms with Gasteiger partial charge in [0.2, 0.25) is 0 Å². The third-order valence-corrected chi connectivity index (χ3v) is 8.73. The van der Waals surface area contributed by atoms with E-state index in [4.69, 9.17) is 4.74 Å². The fourth-order valence-electron chi connectivity index (χ4n) is 6.10. The number of carbonyl (C=O) groups excluding carboxylic acids is 1. The highest BCUT2D eigenvalue weighted by atomic mass is 16.5. The summed E-state index contributed by atoms with van der Waals surface area (Å²) in [6.45, 7) is 2.44. The van der Waals surface area contributed by atoms with Crippen LogP contribution in [0.25, 0.3) is 0 Å². The van der Waals surface area contributed by atoms with Crippen molar-refractivity contribution in [3.63, 3.8) is 0 Å². The number of ether oxygens (including phenoxy) is 1. The molecule has 1 saturated carbocycles. The predicted molar refractivity (Wildman–Crippen MR) is 160 cm³/mol. The highest BCUT2D eigenvalue weighted by Gasteiger charge is 2.49. The first kappa shape index (κ1) is 36.9. The van der Waals surface area contributed by atoms with Crippen LogP contribution in [0.2, 0.25) is 0 Å². The molecule has 3 N–H and O–H groups in total. The fraction of sp³-hybridized carbons (Fsp3) is 0.879. The number of unbranched alkanes of at least 4 members (excludes halogenated alkanes) is 20. The van der Waals surface area contributed by atoms with Crippen LogP contribution in [0.1, 0.15) is 155 Å². The van der Waals surface area contributed by atoms with Crippen molar-refractivity contribution in [2.24, 2.45) is 23.7 Å². The van der Waals surface area contributed by atoms with Crippen LogP contribution in [0.15, 0.2) is 0 Å². The van der Waals surface area contributed by atoms with E-state index < -0.39 is 47.5 Å². The fourth-order valence-corrected chi connectivity index (χ4v) is 6.10. The Bertz CT molecular complexity index is 737. The monoisotopic (exact) mass is 582 g/mol. The molecule has 1 aliphatic rings. The number of carboxylic acid groups (broad SMARTS) is 3. The average Bonchev–Trinajstić information content (AvgIpc) is 2.94. The third kappa shape index (κ3) is 16.8. The van der Waals surface area contributed by atoms with E-state index >= 15 is 0 Å². The van der Waals surface area contributed by atoms with E-state index in [2.05, 4.69) is 6.92 Å². The Morgan fingerprint density at radius 3 is 1.05 bits per heavy atom. The highest BCUT2D eigenvalue weighted by Crippen LogP contribution is 2.39. The molecule has 0 heterocycles. The molecule has 0 aromatic carbocycles. The molecule has 0 amide bonds. The Balaban J connectivity index is 1.99.